The van der Waals surface area contributed by atoms with Crippen LogP contribution in [0.3, 0.4) is 0 Å². The smallest absolute Gasteiger partial charge is 0.419 e. The van der Waals surface area contributed by atoms with Crippen molar-refractivity contribution in [1.82, 2.24) is 0 Å². The SMILES string of the molecule is CCOC(=O)C(=[N+]=[N-])[C@@H]1C[C@H](C(=O)OCC)N(c2ccc(Cl)cc2)O1. The van der Waals surface area contributed by atoms with Crippen molar-refractivity contribution in [3.63, 3.8) is 0 Å². The van der Waals surface area contributed by atoms with Gasteiger partial charge in [-0.1, -0.05) is 11.6 Å². The monoisotopic (exact) mass is 367 g/mol. The van der Waals surface area contributed by atoms with Gasteiger partial charge in [-0.15, -0.1) is 0 Å². The van der Waals surface area contributed by atoms with E-state index in [1.165, 1.54) is 5.06 Å². The van der Waals surface area contributed by atoms with Crippen LogP contribution in [0.5, 0.6) is 0 Å². The number of carbonyl (C=O) groups is 2. The van der Waals surface area contributed by atoms with Gasteiger partial charge < -0.3 is 15.0 Å². The molecular formula is C16H18ClN3O5. The van der Waals surface area contributed by atoms with Crippen molar-refractivity contribution in [2.75, 3.05) is 18.3 Å². The van der Waals surface area contributed by atoms with Gasteiger partial charge >= 0.3 is 17.7 Å². The molecule has 1 fully saturated rings. The molecule has 0 bridgehead atoms. The second-order valence-corrected chi connectivity index (χ2v) is 5.54. The summed E-state index contributed by atoms with van der Waals surface area (Å²) < 4.78 is 9.91. The van der Waals surface area contributed by atoms with E-state index in [-0.39, 0.29) is 25.3 Å². The van der Waals surface area contributed by atoms with Crippen LogP contribution in [-0.4, -0.2) is 47.8 Å². The van der Waals surface area contributed by atoms with Gasteiger partial charge in [-0.2, -0.15) is 4.79 Å². The van der Waals surface area contributed by atoms with Crippen LogP contribution in [0.2, 0.25) is 5.02 Å². The van der Waals surface area contributed by atoms with Crippen LogP contribution in [0, 0.1) is 0 Å². The summed E-state index contributed by atoms with van der Waals surface area (Å²) in [6.45, 7) is 3.64. The number of hydroxylamine groups is 1. The van der Waals surface area contributed by atoms with E-state index in [2.05, 4.69) is 4.79 Å². The van der Waals surface area contributed by atoms with Crippen molar-refractivity contribution in [2.45, 2.75) is 32.4 Å². The average Bonchev–Trinajstić information content (AvgIpc) is 3.02. The molecule has 0 aliphatic carbocycles. The zero-order valence-electron chi connectivity index (χ0n) is 13.8. The lowest BCUT2D eigenvalue weighted by Gasteiger charge is -2.23. The Morgan fingerprint density at radius 1 is 1.28 bits per heavy atom. The highest BCUT2D eigenvalue weighted by atomic mass is 35.5. The molecule has 0 spiro atoms. The van der Waals surface area contributed by atoms with Crippen molar-refractivity contribution in [1.29, 1.82) is 0 Å². The Balaban J connectivity index is 2.29. The van der Waals surface area contributed by atoms with Gasteiger partial charge in [-0.25, -0.2) is 14.7 Å². The largest absolute Gasteiger partial charge is 0.464 e. The Hall–Kier alpha value is -2.41. The number of esters is 2. The molecule has 1 aromatic rings. The van der Waals surface area contributed by atoms with Gasteiger partial charge in [-0.05, 0) is 38.1 Å². The third kappa shape index (κ3) is 4.36. The van der Waals surface area contributed by atoms with E-state index in [0.29, 0.717) is 10.7 Å². The summed E-state index contributed by atoms with van der Waals surface area (Å²) in [6.07, 6.45) is -0.881. The van der Waals surface area contributed by atoms with E-state index >= 15 is 0 Å². The number of anilines is 1. The quantitative estimate of drug-likeness (QED) is 0.330. The van der Waals surface area contributed by atoms with E-state index in [1.54, 1.807) is 38.1 Å². The number of rotatable bonds is 6. The summed E-state index contributed by atoms with van der Waals surface area (Å²) in [7, 11) is 0. The first-order chi connectivity index (χ1) is 12.0. The minimum absolute atomic E-state index is 0.0691. The molecule has 0 radical (unpaired) electrons. The Morgan fingerprint density at radius 2 is 1.92 bits per heavy atom. The molecule has 1 saturated heterocycles. The lowest BCUT2D eigenvalue weighted by atomic mass is 10.1. The molecule has 2 rings (SSSR count). The summed E-state index contributed by atoms with van der Waals surface area (Å²) in [5, 5.41) is 1.85. The van der Waals surface area contributed by atoms with Crippen LogP contribution in [0.1, 0.15) is 20.3 Å². The Morgan fingerprint density at radius 3 is 2.48 bits per heavy atom. The summed E-state index contributed by atoms with van der Waals surface area (Å²) in [5.41, 5.74) is 9.39. The van der Waals surface area contributed by atoms with Crippen molar-refractivity contribution in [3.05, 3.63) is 34.8 Å². The molecule has 0 aromatic heterocycles. The molecule has 25 heavy (non-hydrogen) atoms. The third-order valence-corrected chi connectivity index (χ3v) is 3.75. The molecule has 1 aliphatic heterocycles. The third-order valence-electron chi connectivity index (χ3n) is 3.50. The van der Waals surface area contributed by atoms with Gasteiger partial charge in [0.05, 0.1) is 18.9 Å². The molecule has 2 atom stereocenters. The maximum absolute atomic E-state index is 12.3. The highest BCUT2D eigenvalue weighted by molar-refractivity contribution is 6.35. The Labute approximate surface area is 149 Å². The van der Waals surface area contributed by atoms with Crippen LogP contribution in [0.25, 0.3) is 5.53 Å². The van der Waals surface area contributed by atoms with Gasteiger partial charge in [0.1, 0.15) is 0 Å². The van der Waals surface area contributed by atoms with Crippen molar-refractivity contribution >= 4 is 34.9 Å². The fourth-order valence-electron chi connectivity index (χ4n) is 2.41. The topological polar surface area (TPSA) is 101 Å². The van der Waals surface area contributed by atoms with E-state index in [4.69, 9.17) is 31.4 Å². The fraction of sp³-hybridized carbons (Fsp3) is 0.438. The molecule has 0 N–H and O–H groups in total. The van der Waals surface area contributed by atoms with Crippen molar-refractivity contribution in [2.24, 2.45) is 0 Å². The highest BCUT2D eigenvalue weighted by Crippen LogP contribution is 2.30. The number of benzene rings is 1. The minimum atomic E-state index is -0.950. The van der Waals surface area contributed by atoms with E-state index < -0.39 is 24.1 Å². The van der Waals surface area contributed by atoms with Gasteiger partial charge in [0.2, 0.25) is 0 Å². The number of carbonyl (C=O) groups excluding carboxylic acids is 2. The van der Waals surface area contributed by atoms with Crippen LogP contribution in [0.15, 0.2) is 24.3 Å². The molecule has 0 saturated carbocycles. The maximum Gasteiger partial charge on any atom is 0.419 e. The second kappa shape index (κ2) is 8.62. The Bertz CT molecular complexity index is 688. The molecule has 1 aromatic carbocycles. The number of ether oxygens (including phenoxy) is 2. The molecule has 8 nitrogen and oxygen atoms in total. The zero-order chi connectivity index (χ0) is 18.4. The van der Waals surface area contributed by atoms with E-state index in [1.807, 2.05) is 0 Å². The molecule has 1 heterocycles. The first kappa shape index (κ1) is 18.9. The summed E-state index contributed by atoms with van der Waals surface area (Å²) >= 11 is 5.88. The predicted octanol–water partition coefficient (Wildman–Crippen LogP) is 2.02. The number of hydrogen-bond donors (Lipinski definition) is 0. The minimum Gasteiger partial charge on any atom is -0.464 e. The summed E-state index contributed by atoms with van der Waals surface area (Å²) in [5.74, 6) is -1.32. The number of halogens is 1. The highest BCUT2D eigenvalue weighted by Gasteiger charge is 2.48. The first-order valence-corrected chi connectivity index (χ1v) is 8.16. The summed E-state index contributed by atoms with van der Waals surface area (Å²) in [6, 6.07) is 5.80. The van der Waals surface area contributed by atoms with Crippen LogP contribution in [-0.2, 0) is 23.9 Å². The molecule has 9 heteroatoms. The average molecular weight is 368 g/mol. The maximum atomic E-state index is 12.3. The number of nitrogens with zero attached hydrogens (tertiary/aromatic N) is 3. The summed E-state index contributed by atoms with van der Waals surface area (Å²) in [4.78, 5) is 32.8. The van der Waals surface area contributed by atoms with E-state index in [0.717, 1.165) is 0 Å². The van der Waals surface area contributed by atoms with Gasteiger partial charge in [-0.3, -0.25) is 4.84 Å². The molecule has 134 valence electrons. The molecule has 0 unspecified atom stereocenters. The fourth-order valence-corrected chi connectivity index (χ4v) is 2.54. The first-order valence-electron chi connectivity index (χ1n) is 7.79. The van der Waals surface area contributed by atoms with Gasteiger partial charge in [0.15, 0.2) is 12.1 Å². The van der Waals surface area contributed by atoms with Gasteiger partial charge in [0.25, 0.3) is 0 Å². The van der Waals surface area contributed by atoms with Crippen molar-refractivity contribution in [3.8, 4) is 0 Å². The molecular weight excluding hydrogens is 350 g/mol. The van der Waals surface area contributed by atoms with E-state index in [9.17, 15) is 9.59 Å². The lowest BCUT2D eigenvalue weighted by molar-refractivity contribution is -0.145. The standard InChI is InChI=1S/C16H18ClN3O5/c1-3-23-15(21)12-9-13(14(19-18)16(22)24-4-2)25-20(12)11-7-5-10(17)6-8-11/h5-8,12-13H,3-4,9H2,1-2H3/t12-,13+/m1/s1. The molecule has 1 aliphatic rings. The lowest BCUT2D eigenvalue weighted by Crippen LogP contribution is -2.36. The second-order valence-electron chi connectivity index (χ2n) is 5.11. The normalized spacial score (nSPS) is 19.2. The van der Waals surface area contributed by atoms with Gasteiger partial charge in [0, 0.05) is 11.4 Å². The Kier molecular flexibility index (Phi) is 6.52. The van der Waals surface area contributed by atoms with Crippen LogP contribution in [0.4, 0.5) is 5.69 Å². The van der Waals surface area contributed by atoms with Crippen molar-refractivity contribution < 1.29 is 28.7 Å². The van der Waals surface area contributed by atoms with Crippen LogP contribution >= 0.6 is 11.6 Å². The van der Waals surface area contributed by atoms with Crippen LogP contribution < -0.4 is 5.06 Å². The zero-order valence-corrected chi connectivity index (χ0v) is 14.6. The number of hydrogen-bond acceptors (Lipinski definition) is 6. The predicted molar refractivity (Wildman–Crippen MR) is 89.1 cm³/mol. The molecule has 0 amide bonds.